The van der Waals surface area contributed by atoms with Gasteiger partial charge < -0.3 is 13.6 Å². The van der Waals surface area contributed by atoms with Gasteiger partial charge in [0.15, 0.2) is 13.7 Å². The molecule has 15 aromatic rings. The van der Waals surface area contributed by atoms with Gasteiger partial charge in [-0.25, -0.2) is 0 Å². The van der Waals surface area contributed by atoms with Gasteiger partial charge in [0.2, 0.25) is 0 Å². The topological polar surface area (TPSA) is 23.0 Å². The molecule has 0 saturated carbocycles. The molecule has 76 heavy (non-hydrogen) atoms. The van der Waals surface area contributed by atoms with Crippen molar-refractivity contribution in [1.29, 1.82) is 0 Å². The summed E-state index contributed by atoms with van der Waals surface area (Å²) in [5.41, 5.74) is 15.4. The third-order valence-electron chi connectivity index (χ3n) is 15.9. The van der Waals surface area contributed by atoms with Crippen molar-refractivity contribution < 1.29 is 4.42 Å². The summed E-state index contributed by atoms with van der Waals surface area (Å²) < 4.78 is 12.1. The van der Waals surface area contributed by atoms with Crippen molar-refractivity contribution in [3.63, 3.8) is 0 Å². The smallest absolute Gasteiger partial charge is 0.180 e. The Morgan fingerprint density at radius 1 is 0.276 bits per heavy atom. The summed E-state index contributed by atoms with van der Waals surface area (Å²) >= 11 is 0. The number of furan rings is 1. The lowest BCUT2D eigenvalue weighted by Crippen LogP contribution is -2.74. The van der Waals surface area contributed by atoms with Crippen LogP contribution in [-0.4, -0.2) is 17.2 Å². The van der Waals surface area contributed by atoms with Crippen molar-refractivity contribution in [1.82, 2.24) is 9.13 Å². The highest BCUT2D eigenvalue weighted by atomic mass is 28.3. The van der Waals surface area contributed by atoms with E-state index in [-0.39, 0.29) is 0 Å². The molecule has 15 rings (SSSR count). The fourth-order valence-corrected chi connectivity index (χ4v) is 17.5. The Kier molecular flexibility index (Phi) is 10.2. The highest BCUT2D eigenvalue weighted by Gasteiger charge is 2.43. The number of fused-ring (bicyclic) bond motifs is 9. The van der Waals surface area contributed by atoms with Crippen LogP contribution in [0.5, 0.6) is 0 Å². The molecule has 0 aliphatic rings. The molecule has 4 heteroatoms. The second kappa shape index (κ2) is 17.7. The number of hydrogen-bond donors (Lipinski definition) is 0. The summed E-state index contributed by atoms with van der Waals surface area (Å²) in [4.78, 5) is 0. The van der Waals surface area contributed by atoms with Gasteiger partial charge in [0, 0.05) is 38.0 Å². The number of para-hydroxylation sites is 3. The second-order valence-electron chi connectivity index (χ2n) is 19.9. The van der Waals surface area contributed by atoms with E-state index in [1.165, 1.54) is 64.5 Å². The molecule has 3 nitrogen and oxygen atoms in total. The minimum absolute atomic E-state index is 0.847. The fourth-order valence-electron chi connectivity index (χ4n) is 12.5. The van der Waals surface area contributed by atoms with Crippen LogP contribution in [0.15, 0.2) is 296 Å². The van der Waals surface area contributed by atoms with Gasteiger partial charge in [-0.15, -0.1) is 0 Å². The van der Waals surface area contributed by atoms with E-state index in [1.807, 2.05) is 0 Å². The molecule has 12 aromatic carbocycles. The number of benzene rings is 12. The lowest BCUT2D eigenvalue weighted by molar-refractivity contribution is 0.666. The number of hydrogen-bond acceptors (Lipinski definition) is 1. The summed E-state index contributed by atoms with van der Waals surface area (Å²) in [6.45, 7) is 0. The first kappa shape index (κ1) is 43.8. The molecule has 3 aromatic heterocycles. The predicted molar refractivity (Wildman–Crippen MR) is 322 cm³/mol. The molecule has 0 fully saturated rings. The van der Waals surface area contributed by atoms with Crippen LogP contribution in [0.4, 0.5) is 0 Å². The molecule has 0 N–H and O–H groups in total. The van der Waals surface area contributed by atoms with E-state index < -0.39 is 8.07 Å². The van der Waals surface area contributed by atoms with Crippen molar-refractivity contribution >= 4 is 94.4 Å². The molecule has 0 unspecified atom stereocenters. The van der Waals surface area contributed by atoms with E-state index in [4.69, 9.17) is 4.42 Å². The zero-order valence-electron chi connectivity index (χ0n) is 41.5. The second-order valence-corrected chi connectivity index (χ2v) is 23.7. The van der Waals surface area contributed by atoms with Gasteiger partial charge in [0.1, 0.15) is 5.58 Å². The molecule has 0 spiro atoms. The van der Waals surface area contributed by atoms with Crippen LogP contribution in [0.2, 0.25) is 0 Å². The Balaban J connectivity index is 0.995. The average Bonchev–Trinajstić information content (AvgIpc) is 4.21. The van der Waals surface area contributed by atoms with Crippen molar-refractivity contribution in [2.24, 2.45) is 0 Å². The Hall–Kier alpha value is -9.74. The van der Waals surface area contributed by atoms with Crippen molar-refractivity contribution in [2.75, 3.05) is 0 Å². The lowest BCUT2D eigenvalue weighted by Gasteiger charge is -2.35. The van der Waals surface area contributed by atoms with Crippen LogP contribution >= 0.6 is 0 Å². The lowest BCUT2D eigenvalue weighted by atomic mass is 9.96. The summed E-state index contributed by atoms with van der Waals surface area (Å²) in [6, 6.07) is 107. The van der Waals surface area contributed by atoms with E-state index >= 15 is 0 Å². The molecular formula is C72H48N2OSi. The van der Waals surface area contributed by atoms with Crippen LogP contribution in [-0.2, 0) is 0 Å². The van der Waals surface area contributed by atoms with Gasteiger partial charge in [-0.05, 0) is 109 Å². The molecule has 3 heterocycles. The van der Waals surface area contributed by atoms with Crippen LogP contribution in [0.1, 0.15) is 0 Å². The summed E-state index contributed by atoms with van der Waals surface area (Å²) in [6.07, 6.45) is 0. The molecule has 0 aliphatic carbocycles. The van der Waals surface area contributed by atoms with Crippen molar-refractivity contribution in [3.05, 3.63) is 291 Å². The average molecular weight is 985 g/mol. The van der Waals surface area contributed by atoms with Gasteiger partial charge in [-0.2, -0.15) is 0 Å². The van der Waals surface area contributed by atoms with Crippen molar-refractivity contribution in [2.45, 2.75) is 0 Å². The van der Waals surface area contributed by atoms with E-state index in [0.717, 1.165) is 66.5 Å². The molecule has 0 atom stereocenters. The van der Waals surface area contributed by atoms with Crippen LogP contribution in [0.3, 0.4) is 0 Å². The summed E-state index contributed by atoms with van der Waals surface area (Å²) in [7, 11) is -2.97. The normalized spacial score (nSPS) is 11.9. The van der Waals surface area contributed by atoms with E-state index in [2.05, 4.69) is 300 Å². The summed E-state index contributed by atoms with van der Waals surface area (Å²) in [5, 5.41) is 12.4. The third kappa shape index (κ3) is 6.81. The maximum absolute atomic E-state index is 7.17. The SMILES string of the molecule is c1ccc(-c2ccc(-c3cccc(-c4ccc5oc6c(-n7c8ccccc8c8ccccc87)cc(-n7c8ccccc8c8c([Si](c9ccccc9)(c9ccccc9)c9ccccc9)cccc87)cc6c5c4)c3)cc2)cc1. The molecule has 0 radical (unpaired) electrons. The minimum atomic E-state index is -2.97. The van der Waals surface area contributed by atoms with Crippen LogP contribution in [0.25, 0.3) is 110 Å². The van der Waals surface area contributed by atoms with Gasteiger partial charge in [0.05, 0.1) is 27.8 Å². The van der Waals surface area contributed by atoms with Crippen LogP contribution in [0, 0.1) is 0 Å². The first-order chi connectivity index (χ1) is 37.7. The Morgan fingerprint density at radius 3 is 1.32 bits per heavy atom. The molecule has 0 aliphatic heterocycles. The molecule has 0 bridgehead atoms. The maximum atomic E-state index is 7.17. The van der Waals surface area contributed by atoms with Gasteiger partial charge in [0.25, 0.3) is 0 Å². The largest absolute Gasteiger partial charge is 0.454 e. The number of rotatable bonds is 9. The van der Waals surface area contributed by atoms with E-state index in [0.29, 0.717) is 0 Å². The van der Waals surface area contributed by atoms with Gasteiger partial charge in [-0.3, -0.25) is 0 Å². The third-order valence-corrected chi connectivity index (χ3v) is 20.7. The molecule has 356 valence electrons. The van der Waals surface area contributed by atoms with E-state index in [1.54, 1.807) is 0 Å². The maximum Gasteiger partial charge on any atom is 0.180 e. The zero-order valence-corrected chi connectivity index (χ0v) is 42.5. The zero-order chi connectivity index (χ0) is 50.2. The summed E-state index contributed by atoms with van der Waals surface area (Å²) in [5.74, 6) is 0. The highest BCUT2D eigenvalue weighted by molar-refractivity contribution is 7.20. The Labute approximate surface area is 441 Å². The highest BCUT2D eigenvalue weighted by Crippen LogP contribution is 2.43. The molecular weight excluding hydrogens is 937 g/mol. The predicted octanol–water partition coefficient (Wildman–Crippen LogP) is 16.2. The Bertz CT molecular complexity index is 4520. The number of nitrogens with zero attached hydrogens (tertiary/aromatic N) is 2. The monoisotopic (exact) mass is 984 g/mol. The Morgan fingerprint density at radius 2 is 0.711 bits per heavy atom. The van der Waals surface area contributed by atoms with E-state index in [9.17, 15) is 0 Å². The van der Waals surface area contributed by atoms with Gasteiger partial charge in [-0.1, -0.05) is 237 Å². The quantitative estimate of drug-likeness (QED) is 0.104. The van der Waals surface area contributed by atoms with Gasteiger partial charge >= 0.3 is 0 Å². The van der Waals surface area contributed by atoms with Crippen LogP contribution < -0.4 is 20.7 Å². The fraction of sp³-hybridized carbons (Fsp3) is 0. The molecule has 0 amide bonds. The first-order valence-corrected chi connectivity index (χ1v) is 28.2. The molecule has 0 saturated heterocycles. The number of aromatic nitrogens is 2. The minimum Gasteiger partial charge on any atom is -0.454 e. The first-order valence-electron chi connectivity index (χ1n) is 26.2. The van der Waals surface area contributed by atoms with Crippen molar-refractivity contribution in [3.8, 4) is 44.8 Å². The standard InChI is InChI=1S/C72H48N2OSi/c1-5-21-49(22-6-1)50-39-41-51(42-40-50)52-23-19-24-53(45-52)54-43-44-69-62(46-54)63-47-55(48-68(72(63)75-69)74-64-34-16-13-31-59(64)60-32-14-17-35-65(60)74)73-66-36-18-15-33-61(66)71-67(73)37-20-38-70(71)76(56-25-7-2-8-26-56,57-27-9-3-10-28-57)58-29-11-4-12-30-58/h1-48H.